The molecule has 16 heavy (non-hydrogen) atoms. The molecule has 0 amide bonds. The van der Waals surface area contributed by atoms with Gasteiger partial charge in [-0.3, -0.25) is 5.10 Å². The number of nitrogen functional groups attached to an aromatic ring is 1. The van der Waals surface area contributed by atoms with E-state index < -0.39 is 0 Å². The minimum atomic E-state index is 0.424. The molecule has 0 atom stereocenters. The predicted octanol–water partition coefficient (Wildman–Crippen LogP) is 2.11. The van der Waals surface area contributed by atoms with Gasteiger partial charge >= 0.3 is 0 Å². The van der Waals surface area contributed by atoms with Gasteiger partial charge in [0.15, 0.2) is 5.58 Å². The summed E-state index contributed by atoms with van der Waals surface area (Å²) in [5.41, 5.74) is 8.94. The third-order valence-corrected chi connectivity index (χ3v) is 2.37. The van der Waals surface area contributed by atoms with Gasteiger partial charge in [0.1, 0.15) is 17.0 Å². The third-order valence-electron chi connectivity index (χ3n) is 2.37. The number of H-pyrrole nitrogens is 1. The lowest BCUT2D eigenvalue weighted by atomic mass is 10.2. The van der Waals surface area contributed by atoms with Crippen LogP contribution >= 0.6 is 0 Å². The van der Waals surface area contributed by atoms with Crippen molar-refractivity contribution in [1.29, 1.82) is 0 Å². The van der Waals surface area contributed by atoms with Gasteiger partial charge in [-0.15, -0.1) is 0 Å². The number of nitrogens with zero attached hydrogens (tertiary/aromatic N) is 2. The molecule has 3 aromatic rings. The van der Waals surface area contributed by atoms with E-state index in [4.69, 9.17) is 10.2 Å². The average Bonchev–Trinajstić information content (AvgIpc) is 2.83. The van der Waals surface area contributed by atoms with E-state index in [9.17, 15) is 0 Å². The molecule has 0 unspecified atom stereocenters. The van der Waals surface area contributed by atoms with Crippen molar-refractivity contribution < 1.29 is 4.42 Å². The van der Waals surface area contributed by atoms with Crippen LogP contribution in [0.2, 0.25) is 0 Å². The molecular weight excluding hydrogens is 204 g/mol. The smallest absolute Gasteiger partial charge is 0.245 e. The summed E-state index contributed by atoms with van der Waals surface area (Å²) in [5.74, 6) is 0.929. The summed E-state index contributed by atoms with van der Waals surface area (Å²) in [7, 11) is 0. The molecular formula is C11H10N4O. The van der Waals surface area contributed by atoms with Crippen molar-refractivity contribution in [3.05, 3.63) is 29.8 Å². The Kier molecular flexibility index (Phi) is 1.73. The summed E-state index contributed by atoms with van der Waals surface area (Å²) < 4.78 is 5.61. The molecule has 2 heterocycles. The summed E-state index contributed by atoms with van der Waals surface area (Å²) in [5, 5.41) is 6.60. The SMILES string of the molecule is Cc1ccc2nc(-c3cc(N)n[nH]3)oc2c1. The Morgan fingerprint density at radius 3 is 2.94 bits per heavy atom. The van der Waals surface area contributed by atoms with Crippen molar-refractivity contribution in [3.63, 3.8) is 0 Å². The molecule has 0 saturated heterocycles. The van der Waals surface area contributed by atoms with Crippen LogP contribution < -0.4 is 5.73 Å². The van der Waals surface area contributed by atoms with Gasteiger partial charge < -0.3 is 10.2 Å². The van der Waals surface area contributed by atoms with Crippen LogP contribution in [0.15, 0.2) is 28.7 Å². The molecule has 0 bridgehead atoms. The highest BCUT2D eigenvalue weighted by Crippen LogP contribution is 2.24. The minimum Gasteiger partial charge on any atom is -0.435 e. The number of oxazole rings is 1. The molecule has 1 aromatic carbocycles. The van der Waals surface area contributed by atoms with Crippen molar-refractivity contribution in [2.45, 2.75) is 6.92 Å². The van der Waals surface area contributed by atoms with Crippen LogP contribution in [-0.2, 0) is 0 Å². The zero-order chi connectivity index (χ0) is 11.1. The van der Waals surface area contributed by atoms with E-state index in [2.05, 4.69) is 15.2 Å². The quantitative estimate of drug-likeness (QED) is 0.650. The maximum atomic E-state index is 5.61. The van der Waals surface area contributed by atoms with Crippen molar-refractivity contribution in [2.75, 3.05) is 5.73 Å². The molecule has 2 aromatic heterocycles. The number of nitrogens with two attached hydrogens (primary N) is 1. The molecule has 0 aliphatic rings. The molecule has 0 spiro atoms. The lowest BCUT2D eigenvalue weighted by Crippen LogP contribution is -1.81. The largest absolute Gasteiger partial charge is 0.435 e. The van der Waals surface area contributed by atoms with Gasteiger partial charge in [-0.05, 0) is 24.6 Å². The second-order valence-electron chi connectivity index (χ2n) is 3.70. The van der Waals surface area contributed by atoms with E-state index in [1.807, 2.05) is 25.1 Å². The molecule has 0 fully saturated rings. The van der Waals surface area contributed by atoms with Crippen LogP contribution in [0.1, 0.15) is 5.56 Å². The highest BCUT2D eigenvalue weighted by atomic mass is 16.3. The molecule has 0 saturated carbocycles. The highest BCUT2D eigenvalue weighted by molar-refractivity contribution is 5.76. The van der Waals surface area contributed by atoms with Crippen LogP contribution in [0.3, 0.4) is 0 Å². The van der Waals surface area contributed by atoms with E-state index in [1.165, 1.54) is 0 Å². The maximum absolute atomic E-state index is 5.61. The number of nitrogens with one attached hydrogen (secondary N) is 1. The predicted molar refractivity (Wildman–Crippen MR) is 60.7 cm³/mol. The van der Waals surface area contributed by atoms with Gasteiger partial charge in [-0.2, -0.15) is 5.10 Å². The number of hydrogen-bond donors (Lipinski definition) is 2. The Morgan fingerprint density at radius 1 is 1.31 bits per heavy atom. The molecule has 5 nitrogen and oxygen atoms in total. The maximum Gasteiger partial charge on any atom is 0.245 e. The lowest BCUT2D eigenvalue weighted by Gasteiger charge is -1.88. The first-order chi connectivity index (χ1) is 7.72. The second kappa shape index (κ2) is 3.10. The van der Waals surface area contributed by atoms with Crippen molar-refractivity contribution >= 4 is 16.9 Å². The summed E-state index contributed by atoms with van der Waals surface area (Å²) in [6, 6.07) is 7.57. The number of fused-ring (bicyclic) bond motifs is 1. The van der Waals surface area contributed by atoms with Crippen molar-refractivity contribution in [2.24, 2.45) is 0 Å². The van der Waals surface area contributed by atoms with Gasteiger partial charge in [-0.1, -0.05) is 6.07 Å². The van der Waals surface area contributed by atoms with E-state index in [1.54, 1.807) is 6.07 Å². The summed E-state index contributed by atoms with van der Waals surface area (Å²) >= 11 is 0. The van der Waals surface area contributed by atoms with Gasteiger partial charge in [0.05, 0.1) is 0 Å². The van der Waals surface area contributed by atoms with Crippen LogP contribution in [0.25, 0.3) is 22.7 Å². The summed E-state index contributed by atoms with van der Waals surface area (Å²) in [6.07, 6.45) is 0. The normalized spacial score (nSPS) is 11.1. The van der Waals surface area contributed by atoms with E-state index in [0.717, 1.165) is 16.7 Å². The van der Waals surface area contributed by atoms with E-state index in [-0.39, 0.29) is 0 Å². The number of anilines is 1. The van der Waals surface area contributed by atoms with Crippen LogP contribution in [-0.4, -0.2) is 15.2 Å². The fourth-order valence-electron chi connectivity index (χ4n) is 1.59. The van der Waals surface area contributed by atoms with Gasteiger partial charge in [0, 0.05) is 6.07 Å². The number of aryl methyl sites for hydroxylation is 1. The average molecular weight is 214 g/mol. The molecule has 3 rings (SSSR count). The van der Waals surface area contributed by atoms with Crippen LogP contribution in [0.5, 0.6) is 0 Å². The highest BCUT2D eigenvalue weighted by Gasteiger charge is 2.10. The Hall–Kier alpha value is -2.30. The summed E-state index contributed by atoms with van der Waals surface area (Å²) in [6.45, 7) is 2.01. The van der Waals surface area contributed by atoms with E-state index in [0.29, 0.717) is 17.4 Å². The third kappa shape index (κ3) is 1.33. The Morgan fingerprint density at radius 2 is 2.19 bits per heavy atom. The van der Waals surface area contributed by atoms with Crippen molar-refractivity contribution in [1.82, 2.24) is 15.2 Å². The van der Waals surface area contributed by atoms with E-state index >= 15 is 0 Å². The fourth-order valence-corrected chi connectivity index (χ4v) is 1.59. The first-order valence-electron chi connectivity index (χ1n) is 4.91. The fraction of sp³-hybridized carbons (Fsp3) is 0.0909. The zero-order valence-electron chi connectivity index (χ0n) is 8.69. The molecule has 5 heteroatoms. The first kappa shape index (κ1) is 8.96. The van der Waals surface area contributed by atoms with Gasteiger partial charge in [0.2, 0.25) is 5.89 Å². The van der Waals surface area contributed by atoms with Crippen LogP contribution in [0, 0.1) is 6.92 Å². The molecule has 80 valence electrons. The number of benzene rings is 1. The Balaban J connectivity index is 2.18. The number of aromatic amines is 1. The number of hydrogen-bond acceptors (Lipinski definition) is 4. The zero-order valence-corrected chi connectivity index (χ0v) is 8.69. The monoisotopic (exact) mass is 214 g/mol. The lowest BCUT2D eigenvalue weighted by molar-refractivity contribution is 0.616. The standard InChI is InChI=1S/C11H10N4O/c1-6-2-3-7-9(4-6)16-11(13-7)8-5-10(12)15-14-8/h2-5H,1H3,(H3,12,14,15). The number of aromatic nitrogens is 3. The molecule has 0 aliphatic carbocycles. The van der Waals surface area contributed by atoms with Crippen molar-refractivity contribution in [3.8, 4) is 11.6 Å². The Labute approximate surface area is 91.3 Å². The second-order valence-corrected chi connectivity index (χ2v) is 3.70. The summed E-state index contributed by atoms with van der Waals surface area (Å²) in [4.78, 5) is 4.34. The van der Waals surface area contributed by atoms with Gasteiger partial charge in [-0.25, -0.2) is 4.98 Å². The molecule has 0 radical (unpaired) electrons. The number of rotatable bonds is 1. The van der Waals surface area contributed by atoms with Crippen LogP contribution in [0.4, 0.5) is 5.82 Å². The first-order valence-corrected chi connectivity index (χ1v) is 4.91. The Bertz CT molecular complexity index is 653. The topological polar surface area (TPSA) is 80.7 Å². The van der Waals surface area contributed by atoms with Gasteiger partial charge in [0.25, 0.3) is 0 Å². The minimum absolute atomic E-state index is 0.424. The molecule has 0 aliphatic heterocycles. The molecule has 3 N–H and O–H groups in total.